The van der Waals surface area contributed by atoms with E-state index < -0.39 is 0 Å². The minimum absolute atomic E-state index is 0.185. The number of carbonyl (C=O) groups excluding carboxylic acids is 1. The van der Waals surface area contributed by atoms with Crippen molar-refractivity contribution in [2.45, 2.75) is 45.4 Å². The second-order valence-corrected chi connectivity index (χ2v) is 6.76. The quantitative estimate of drug-likeness (QED) is 0.847. The minimum Gasteiger partial charge on any atom is -0.493 e. The van der Waals surface area contributed by atoms with Crippen molar-refractivity contribution in [3.05, 3.63) is 23.3 Å². The molecule has 1 aliphatic rings. The first kappa shape index (κ1) is 20.3. The molecule has 136 valence electrons. The normalized spacial score (nSPS) is 17.2. The Morgan fingerprint density at radius 2 is 1.75 bits per heavy atom. The molecule has 1 heterocycles. The Morgan fingerprint density at radius 1 is 1.21 bits per heavy atom. The molecule has 0 spiro atoms. The van der Waals surface area contributed by atoms with Gasteiger partial charge in [0.25, 0.3) is 6.47 Å². The molecule has 0 radical (unpaired) electrons. The van der Waals surface area contributed by atoms with Gasteiger partial charge in [-0.2, -0.15) is 0 Å². The van der Waals surface area contributed by atoms with Gasteiger partial charge >= 0.3 is 0 Å². The summed E-state index contributed by atoms with van der Waals surface area (Å²) in [6, 6.07) is 4.24. The molecule has 1 unspecified atom stereocenters. The molecule has 1 atom stereocenters. The number of hydrogen-bond donors (Lipinski definition) is 1. The molecule has 6 nitrogen and oxygen atoms in total. The van der Waals surface area contributed by atoms with Crippen molar-refractivity contribution in [1.82, 2.24) is 4.90 Å². The van der Waals surface area contributed by atoms with Gasteiger partial charge in [-0.05, 0) is 57.5 Å². The first-order valence-corrected chi connectivity index (χ1v) is 7.92. The molecule has 0 aliphatic carbocycles. The first-order valence-electron chi connectivity index (χ1n) is 7.92. The van der Waals surface area contributed by atoms with Gasteiger partial charge in [0.2, 0.25) is 0 Å². The van der Waals surface area contributed by atoms with Crippen LogP contribution in [0.1, 0.15) is 31.9 Å². The maximum absolute atomic E-state index is 9.60. The molecule has 2 rings (SSSR count). The van der Waals surface area contributed by atoms with Crippen molar-refractivity contribution in [2.24, 2.45) is 0 Å². The van der Waals surface area contributed by atoms with E-state index in [1.165, 1.54) is 11.1 Å². The lowest BCUT2D eigenvalue weighted by molar-refractivity contribution is -0.138. The average Bonchev–Trinajstić information content (AvgIpc) is 2.52. The van der Waals surface area contributed by atoms with E-state index in [-0.39, 0.29) is 18.2 Å². The third kappa shape index (κ3) is 5.69. The van der Waals surface area contributed by atoms with Gasteiger partial charge in [0.15, 0.2) is 11.5 Å². The molecule has 0 saturated heterocycles. The van der Waals surface area contributed by atoms with Crippen LogP contribution < -0.4 is 9.47 Å². The van der Waals surface area contributed by atoms with Crippen LogP contribution in [0.25, 0.3) is 0 Å². The molecule has 1 aromatic carbocycles. The van der Waals surface area contributed by atoms with Crippen LogP contribution in [0.3, 0.4) is 0 Å². The standard InChI is InChI=1S/C13H19NO3.C5H10O2/c1-14-7-10-6-13(17-3)12(16-2)5-9(10)4-11(14)8-15;1-5(2,3)7-4-6/h5-6,11,15H,4,7-8H2,1-3H3;4H,1-3H3. The van der Waals surface area contributed by atoms with Gasteiger partial charge in [0.05, 0.1) is 20.8 Å². The van der Waals surface area contributed by atoms with Crippen molar-refractivity contribution in [2.75, 3.05) is 27.9 Å². The highest BCUT2D eigenvalue weighted by Crippen LogP contribution is 2.34. The number of fused-ring (bicyclic) bond motifs is 1. The number of aliphatic hydroxyl groups excluding tert-OH is 1. The van der Waals surface area contributed by atoms with Gasteiger partial charge in [-0.1, -0.05) is 0 Å². The summed E-state index contributed by atoms with van der Waals surface area (Å²) < 4.78 is 15.1. The van der Waals surface area contributed by atoms with Gasteiger partial charge in [0.1, 0.15) is 5.60 Å². The van der Waals surface area contributed by atoms with Crippen molar-refractivity contribution < 1.29 is 24.1 Å². The lowest BCUT2D eigenvalue weighted by Gasteiger charge is -2.33. The number of nitrogens with zero attached hydrogens (tertiary/aromatic N) is 1. The van der Waals surface area contributed by atoms with E-state index in [4.69, 9.17) is 9.47 Å². The van der Waals surface area contributed by atoms with Crippen molar-refractivity contribution in [3.63, 3.8) is 0 Å². The number of methoxy groups -OCH3 is 2. The molecule has 1 aliphatic heterocycles. The highest BCUT2D eigenvalue weighted by atomic mass is 16.5. The van der Waals surface area contributed by atoms with Gasteiger partial charge in [-0.15, -0.1) is 0 Å². The van der Waals surface area contributed by atoms with Crippen LogP contribution in [0.15, 0.2) is 12.1 Å². The van der Waals surface area contributed by atoms with Gasteiger partial charge < -0.3 is 19.3 Å². The van der Waals surface area contributed by atoms with E-state index in [2.05, 4.69) is 9.64 Å². The molecule has 0 fully saturated rings. The molecule has 0 saturated carbocycles. The Morgan fingerprint density at radius 3 is 2.12 bits per heavy atom. The Hall–Kier alpha value is -1.79. The number of rotatable bonds is 4. The Balaban J connectivity index is 0.000000351. The van der Waals surface area contributed by atoms with Gasteiger partial charge in [0, 0.05) is 12.6 Å². The zero-order valence-electron chi connectivity index (χ0n) is 15.5. The van der Waals surface area contributed by atoms with Crippen LogP contribution >= 0.6 is 0 Å². The lowest BCUT2D eigenvalue weighted by atomic mass is 9.94. The number of likely N-dealkylation sites (N-methyl/N-ethyl adjacent to an activating group) is 1. The predicted octanol–water partition coefficient (Wildman–Crippen LogP) is 2.01. The van der Waals surface area contributed by atoms with Gasteiger partial charge in [-0.3, -0.25) is 9.69 Å². The highest BCUT2D eigenvalue weighted by molar-refractivity contribution is 5.48. The largest absolute Gasteiger partial charge is 0.493 e. The summed E-state index contributed by atoms with van der Waals surface area (Å²) in [6.07, 6.45) is 0.850. The summed E-state index contributed by atoms with van der Waals surface area (Å²) in [5.74, 6) is 1.52. The number of hydrogen-bond acceptors (Lipinski definition) is 6. The fourth-order valence-corrected chi connectivity index (χ4v) is 2.46. The maximum atomic E-state index is 9.60. The van der Waals surface area contributed by atoms with Gasteiger partial charge in [-0.25, -0.2) is 0 Å². The summed E-state index contributed by atoms with van der Waals surface area (Å²) in [7, 11) is 5.32. The van der Waals surface area contributed by atoms with Crippen molar-refractivity contribution in [1.29, 1.82) is 0 Å². The molecule has 0 amide bonds. The fraction of sp³-hybridized carbons (Fsp3) is 0.611. The zero-order valence-corrected chi connectivity index (χ0v) is 15.5. The number of aliphatic hydroxyl groups is 1. The Bertz CT molecular complexity index is 539. The molecule has 1 aromatic rings. The summed E-state index contributed by atoms with van der Waals surface area (Å²) in [5.41, 5.74) is 2.16. The predicted molar refractivity (Wildman–Crippen MR) is 92.5 cm³/mol. The second-order valence-electron chi connectivity index (χ2n) is 6.76. The summed E-state index contributed by atoms with van der Waals surface area (Å²) in [4.78, 5) is 11.8. The smallest absolute Gasteiger partial charge is 0.293 e. The third-order valence-electron chi connectivity index (χ3n) is 3.82. The fourth-order valence-electron chi connectivity index (χ4n) is 2.46. The number of carbonyl (C=O) groups is 1. The molecule has 0 aromatic heterocycles. The molecule has 6 heteroatoms. The van der Waals surface area contributed by atoms with Crippen LogP contribution in [0.4, 0.5) is 0 Å². The highest BCUT2D eigenvalue weighted by Gasteiger charge is 2.24. The molecule has 1 N–H and O–H groups in total. The van der Waals surface area contributed by atoms with Crippen LogP contribution in [0, 0.1) is 0 Å². The first-order chi connectivity index (χ1) is 11.3. The maximum Gasteiger partial charge on any atom is 0.293 e. The second kappa shape index (κ2) is 8.89. The van der Waals surface area contributed by atoms with Crippen molar-refractivity contribution in [3.8, 4) is 11.5 Å². The van der Waals surface area contributed by atoms with E-state index in [0.717, 1.165) is 24.5 Å². The molecular formula is C18H29NO5. The van der Waals surface area contributed by atoms with E-state index in [0.29, 0.717) is 6.47 Å². The van der Waals surface area contributed by atoms with E-state index in [1.807, 2.05) is 40.0 Å². The van der Waals surface area contributed by atoms with Crippen LogP contribution in [0.5, 0.6) is 11.5 Å². The average molecular weight is 339 g/mol. The van der Waals surface area contributed by atoms with E-state index >= 15 is 0 Å². The minimum atomic E-state index is -0.318. The number of benzene rings is 1. The lowest BCUT2D eigenvalue weighted by Crippen LogP contribution is -2.39. The molecule has 24 heavy (non-hydrogen) atoms. The summed E-state index contributed by atoms with van der Waals surface area (Å²) >= 11 is 0. The summed E-state index contributed by atoms with van der Waals surface area (Å²) in [6.45, 7) is 6.94. The number of ether oxygens (including phenoxy) is 3. The topological polar surface area (TPSA) is 68.2 Å². The van der Waals surface area contributed by atoms with Crippen LogP contribution in [0.2, 0.25) is 0 Å². The monoisotopic (exact) mass is 339 g/mol. The Kier molecular flexibility index (Phi) is 7.51. The van der Waals surface area contributed by atoms with Crippen molar-refractivity contribution >= 4 is 6.47 Å². The molecule has 0 bridgehead atoms. The van der Waals surface area contributed by atoms with Crippen LogP contribution in [-0.2, 0) is 22.5 Å². The third-order valence-corrected chi connectivity index (χ3v) is 3.82. The zero-order chi connectivity index (χ0) is 18.3. The van der Waals surface area contributed by atoms with Crippen LogP contribution in [-0.4, -0.2) is 56.0 Å². The SMILES string of the molecule is CC(C)(C)OC=O.COc1cc2c(cc1OC)CN(C)C(CO)C2. The summed E-state index contributed by atoms with van der Waals surface area (Å²) in [5, 5.41) is 9.32. The Labute approximate surface area is 144 Å². The molecular weight excluding hydrogens is 310 g/mol. The van der Waals surface area contributed by atoms with E-state index in [9.17, 15) is 9.90 Å². The van der Waals surface area contributed by atoms with E-state index in [1.54, 1.807) is 14.2 Å².